The minimum absolute atomic E-state index is 0.611. The molecular formula is H5O5PSi. The van der Waals surface area contributed by atoms with Gasteiger partial charge in [-0.05, 0) is 0 Å². The zero-order valence-corrected chi connectivity index (χ0v) is 5.62. The van der Waals surface area contributed by atoms with Gasteiger partial charge in [0, 0.05) is 0 Å². The van der Waals surface area contributed by atoms with Crippen molar-refractivity contribution in [2.75, 3.05) is 0 Å². The summed E-state index contributed by atoms with van der Waals surface area (Å²) in [5.74, 6) is 0. The van der Waals surface area contributed by atoms with Crippen molar-refractivity contribution in [1.29, 1.82) is 0 Å². The van der Waals surface area contributed by atoms with E-state index < -0.39 is 7.82 Å². The summed E-state index contributed by atoms with van der Waals surface area (Å²) in [4.78, 5) is 21.6. The second-order valence-corrected chi connectivity index (χ2v) is 1.54. The molecule has 0 heterocycles. The molecule has 0 fully saturated rings. The Balaban J connectivity index is 0. The minimum atomic E-state index is -4.64. The van der Waals surface area contributed by atoms with Crippen molar-refractivity contribution in [2.45, 2.75) is 0 Å². The quantitative estimate of drug-likeness (QED) is 0.271. The van der Waals surface area contributed by atoms with E-state index in [0.29, 0.717) is 10.1 Å². The van der Waals surface area contributed by atoms with Gasteiger partial charge < -0.3 is 19.1 Å². The second-order valence-electron chi connectivity index (χ2n) is 0.513. The van der Waals surface area contributed by atoms with Gasteiger partial charge in [0.05, 0.1) is 0 Å². The standard InChI is InChI=1S/H3O4P.H2OSi/c1-5(2,3)4;1-2/h(H3,1,2,3,4);2H2. The van der Waals surface area contributed by atoms with Gasteiger partial charge in [-0.1, -0.05) is 0 Å². The predicted molar refractivity (Wildman–Crippen MR) is 23.5 cm³/mol. The minimum Gasteiger partial charge on any atom is -0.396 e. The average Bonchev–Trinajstić information content (AvgIpc) is 1.36. The van der Waals surface area contributed by atoms with E-state index in [1.165, 1.54) is 0 Å². The summed E-state index contributed by atoms with van der Waals surface area (Å²) in [6.45, 7) is 0. The molecule has 0 saturated carbocycles. The third kappa shape index (κ3) is 6480. The molecule has 0 unspecified atom stereocenters. The van der Waals surface area contributed by atoms with E-state index in [2.05, 4.69) is 0 Å². The maximum atomic E-state index is 8.88. The molecule has 0 aromatic heterocycles. The molecule has 0 aliphatic heterocycles. The smallest absolute Gasteiger partial charge is 0.396 e. The first-order valence-corrected chi connectivity index (χ1v) is 3.21. The van der Waals surface area contributed by atoms with E-state index in [1.807, 2.05) is 0 Å². The van der Waals surface area contributed by atoms with Gasteiger partial charge >= 0.3 is 7.82 Å². The number of phosphoric acid groups is 1. The van der Waals surface area contributed by atoms with E-state index >= 15 is 0 Å². The maximum absolute atomic E-state index is 8.88. The number of rotatable bonds is 0. The van der Waals surface area contributed by atoms with Crippen LogP contribution in [-0.2, 0) is 9.03 Å². The van der Waals surface area contributed by atoms with Gasteiger partial charge in [-0.2, -0.15) is 0 Å². The first kappa shape index (κ1) is 10.2. The average molecular weight is 144 g/mol. The van der Waals surface area contributed by atoms with Crippen LogP contribution in [0.4, 0.5) is 0 Å². The van der Waals surface area contributed by atoms with E-state index in [9.17, 15) is 0 Å². The number of hydrogen-bond acceptors (Lipinski definition) is 2. The van der Waals surface area contributed by atoms with Crippen LogP contribution < -0.4 is 0 Å². The monoisotopic (exact) mass is 144 g/mol. The van der Waals surface area contributed by atoms with E-state index in [1.54, 1.807) is 0 Å². The van der Waals surface area contributed by atoms with Crippen molar-refractivity contribution in [3.8, 4) is 0 Å². The fourth-order valence-electron chi connectivity index (χ4n) is 0. The van der Waals surface area contributed by atoms with Crippen molar-refractivity contribution in [3.63, 3.8) is 0 Å². The topological polar surface area (TPSA) is 94.8 Å². The first-order valence-electron chi connectivity index (χ1n) is 1.07. The largest absolute Gasteiger partial charge is 0.466 e. The highest BCUT2D eigenvalue weighted by Crippen LogP contribution is 2.25. The van der Waals surface area contributed by atoms with Crippen molar-refractivity contribution >= 4 is 18.0 Å². The van der Waals surface area contributed by atoms with Crippen LogP contribution in [0.1, 0.15) is 0 Å². The highest BCUT2D eigenvalue weighted by molar-refractivity contribution is 7.45. The Hall–Kier alpha value is 0.127. The Labute approximate surface area is 42.7 Å². The normalized spacial score (nSPS) is 9.00. The summed E-state index contributed by atoms with van der Waals surface area (Å²) in [7, 11) is -4.03. The van der Waals surface area contributed by atoms with Crippen molar-refractivity contribution in [2.24, 2.45) is 0 Å². The molecule has 3 N–H and O–H groups in total. The zero-order chi connectivity index (χ0) is 6.50. The van der Waals surface area contributed by atoms with E-state index in [0.717, 1.165) is 0 Å². The highest BCUT2D eigenvalue weighted by Gasteiger charge is 2.00. The molecule has 0 atom stereocenters. The van der Waals surface area contributed by atoms with Crippen LogP contribution in [-0.4, -0.2) is 24.8 Å². The summed E-state index contributed by atoms with van der Waals surface area (Å²) in [6.07, 6.45) is 0. The molecule has 44 valence electrons. The molecule has 0 amide bonds. The van der Waals surface area contributed by atoms with Crippen LogP contribution in [0.2, 0.25) is 0 Å². The third-order valence-electron chi connectivity index (χ3n) is 0. The fraction of sp³-hybridized carbons (Fsp3) is 0. The molecule has 0 spiro atoms. The Morgan fingerprint density at radius 3 is 1.14 bits per heavy atom. The Kier molecular flexibility index (Phi) is 6.24. The number of hydrogen-bond donors (Lipinski definition) is 3. The Bertz CT molecular complexity index is 63.9. The fourth-order valence-corrected chi connectivity index (χ4v) is 0. The molecular weight excluding hydrogens is 139 g/mol. The lowest BCUT2D eigenvalue weighted by molar-refractivity contribution is 0.275. The molecule has 0 rings (SSSR count). The van der Waals surface area contributed by atoms with Gasteiger partial charge in [0.1, 0.15) is 0 Å². The van der Waals surface area contributed by atoms with Gasteiger partial charge in [-0.15, -0.1) is 0 Å². The lowest BCUT2D eigenvalue weighted by Gasteiger charge is -1.82. The Morgan fingerprint density at radius 2 is 1.14 bits per heavy atom. The van der Waals surface area contributed by atoms with Gasteiger partial charge in [0.25, 0.3) is 0 Å². The van der Waals surface area contributed by atoms with Crippen LogP contribution in [0.15, 0.2) is 0 Å². The van der Waals surface area contributed by atoms with E-state index in [4.69, 9.17) is 23.7 Å². The molecule has 5 nitrogen and oxygen atoms in total. The summed E-state index contributed by atoms with van der Waals surface area (Å²) in [5, 5.41) is 0. The molecule has 7 heteroatoms. The summed E-state index contributed by atoms with van der Waals surface area (Å²) >= 11 is 0. The predicted octanol–water partition coefficient (Wildman–Crippen LogP) is -1.96. The lowest BCUT2D eigenvalue weighted by Crippen LogP contribution is -1.66. The molecule has 0 saturated heterocycles. The lowest BCUT2D eigenvalue weighted by atomic mass is 15.8. The van der Waals surface area contributed by atoms with Gasteiger partial charge in [0.2, 0.25) is 10.1 Å². The summed E-state index contributed by atoms with van der Waals surface area (Å²) in [5.41, 5.74) is 0. The molecule has 7 heavy (non-hydrogen) atoms. The van der Waals surface area contributed by atoms with Crippen molar-refractivity contribution in [3.05, 3.63) is 0 Å². The second kappa shape index (κ2) is 4.29. The summed E-state index contributed by atoms with van der Waals surface area (Å²) < 4.78 is 17.2. The van der Waals surface area contributed by atoms with Crippen molar-refractivity contribution in [1.82, 2.24) is 0 Å². The van der Waals surface area contributed by atoms with Crippen LogP contribution in [0, 0.1) is 0 Å². The van der Waals surface area contributed by atoms with Gasteiger partial charge in [-0.3, -0.25) is 0 Å². The molecule has 0 aromatic rings. The SMILES string of the molecule is O=P(O)(O)O.O=[SiH2]. The first-order chi connectivity index (χ1) is 3.00. The molecule has 0 radical (unpaired) electrons. The highest BCUT2D eigenvalue weighted by atomic mass is 31.2. The zero-order valence-electron chi connectivity index (χ0n) is 3.31. The van der Waals surface area contributed by atoms with E-state index in [-0.39, 0.29) is 0 Å². The molecule has 0 bridgehead atoms. The molecule has 0 aliphatic rings. The third-order valence-corrected chi connectivity index (χ3v) is 0. The van der Waals surface area contributed by atoms with Crippen molar-refractivity contribution < 1.29 is 23.7 Å². The van der Waals surface area contributed by atoms with Crippen LogP contribution in [0.25, 0.3) is 0 Å². The maximum Gasteiger partial charge on any atom is 0.466 e. The van der Waals surface area contributed by atoms with Crippen LogP contribution >= 0.6 is 7.82 Å². The molecule has 0 aromatic carbocycles. The van der Waals surface area contributed by atoms with Gasteiger partial charge in [-0.25, -0.2) is 4.57 Å². The molecule has 0 aliphatic carbocycles. The summed E-state index contributed by atoms with van der Waals surface area (Å²) in [6, 6.07) is 0. The van der Waals surface area contributed by atoms with Crippen LogP contribution in [0.5, 0.6) is 0 Å². The van der Waals surface area contributed by atoms with Gasteiger partial charge in [0.15, 0.2) is 0 Å². The van der Waals surface area contributed by atoms with Crippen LogP contribution in [0.3, 0.4) is 0 Å². The Morgan fingerprint density at radius 1 is 1.14 bits per heavy atom.